The van der Waals surface area contributed by atoms with E-state index in [0.717, 1.165) is 6.42 Å². The highest BCUT2D eigenvalue weighted by Gasteiger charge is 2.70. The lowest BCUT2D eigenvalue weighted by Gasteiger charge is -2.45. The van der Waals surface area contributed by atoms with Crippen LogP contribution in [0.4, 0.5) is 0 Å². The van der Waals surface area contributed by atoms with E-state index < -0.39 is 6.10 Å². The van der Waals surface area contributed by atoms with Crippen LogP contribution >= 0.6 is 0 Å². The van der Waals surface area contributed by atoms with Gasteiger partial charge in [-0.05, 0) is 32.1 Å². The fraction of sp³-hybridized carbons (Fsp3) is 0.812. The van der Waals surface area contributed by atoms with Gasteiger partial charge >= 0.3 is 5.97 Å². The molecule has 0 radical (unpaired) electrons. The van der Waals surface area contributed by atoms with Gasteiger partial charge in [-0.3, -0.25) is 4.79 Å². The molecule has 112 valence electrons. The Bertz CT molecular complexity index is 485. The zero-order valence-corrected chi connectivity index (χ0v) is 12.7. The van der Waals surface area contributed by atoms with Crippen molar-refractivity contribution in [3.8, 4) is 0 Å². The summed E-state index contributed by atoms with van der Waals surface area (Å²) in [5, 5.41) is 10.7. The minimum atomic E-state index is -0.445. The molecule has 2 aliphatic carbocycles. The van der Waals surface area contributed by atoms with Gasteiger partial charge in [0, 0.05) is 11.3 Å². The largest absolute Gasteiger partial charge is 0.469 e. The third-order valence-corrected chi connectivity index (χ3v) is 5.70. The van der Waals surface area contributed by atoms with Crippen LogP contribution < -0.4 is 0 Å². The summed E-state index contributed by atoms with van der Waals surface area (Å²) in [5.74, 6) is -0.0358. The second-order valence-electron chi connectivity index (χ2n) is 7.44. The third-order valence-electron chi connectivity index (χ3n) is 5.70. The Morgan fingerprint density at radius 1 is 1.55 bits per heavy atom. The second-order valence-corrected chi connectivity index (χ2v) is 7.44. The molecule has 2 bridgehead atoms. The molecule has 0 spiro atoms. The molecular weight excluding hydrogens is 256 g/mol. The van der Waals surface area contributed by atoms with Crippen LogP contribution in [0.1, 0.15) is 40.0 Å². The lowest BCUT2D eigenvalue weighted by molar-refractivity contribution is -0.145. The number of hydrogen-bond donors (Lipinski definition) is 1. The maximum atomic E-state index is 11.8. The Morgan fingerprint density at radius 2 is 2.25 bits per heavy atom. The smallest absolute Gasteiger partial charge is 0.306 e. The summed E-state index contributed by atoms with van der Waals surface area (Å²) in [7, 11) is 1.42. The van der Waals surface area contributed by atoms with Crippen molar-refractivity contribution in [3.05, 3.63) is 11.6 Å². The Morgan fingerprint density at radius 3 is 2.90 bits per heavy atom. The van der Waals surface area contributed by atoms with E-state index >= 15 is 0 Å². The van der Waals surface area contributed by atoms with Gasteiger partial charge in [0.1, 0.15) is 0 Å². The van der Waals surface area contributed by atoms with Gasteiger partial charge in [-0.25, -0.2) is 0 Å². The molecule has 20 heavy (non-hydrogen) atoms. The topological polar surface area (TPSA) is 55.8 Å². The lowest BCUT2D eigenvalue weighted by atomic mass is 9.58. The van der Waals surface area contributed by atoms with E-state index in [1.165, 1.54) is 12.7 Å². The molecule has 2 fully saturated rings. The van der Waals surface area contributed by atoms with Crippen molar-refractivity contribution in [1.82, 2.24) is 0 Å². The average Bonchev–Trinajstić information content (AvgIpc) is 2.68. The van der Waals surface area contributed by atoms with Crippen molar-refractivity contribution in [1.29, 1.82) is 0 Å². The molecule has 3 aliphatic rings. The fourth-order valence-corrected chi connectivity index (χ4v) is 5.46. The van der Waals surface area contributed by atoms with Crippen molar-refractivity contribution >= 4 is 5.97 Å². The first-order chi connectivity index (χ1) is 9.26. The highest BCUT2D eigenvalue weighted by molar-refractivity contribution is 5.70. The summed E-state index contributed by atoms with van der Waals surface area (Å²) in [6.45, 7) is 6.89. The van der Waals surface area contributed by atoms with Crippen LogP contribution in [-0.4, -0.2) is 36.5 Å². The second kappa shape index (κ2) is 4.08. The number of carbonyl (C=O) groups excluding carboxylic acids is 1. The van der Waals surface area contributed by atoms with Crippen LogP contribution in [0, 0.1) is 16.7 Å². The molecule has 0 amide bonds. The first-order valence-corrected chi connectivity index (χ1v) is 7.33. The molecule has 5 atom stereocenters. The van der Waals surface area contributed by atoms with Gasteiger partial charge < -0.3 is 14.6 Å². The highest BCUT2D eigenvalue weighted by atomic mass is 16.5. The number of methoxy groups -OCH3 is 1. The third kappa shape index (κ3) is 1.64. The lowest BCUT2D eigenvalue weighted by Crippen LogP contribution is -2.47. The van der Waals surface area contributed by atoms with E-state index in [4.69, 9.17) is 9.47 Å². The van der Waals surface area contributed by atoms with Gasteiger partial charge in [-0.2, -0.15) is 0 Å². The average molecular weight is 280 g/mol. The number of esters is 1. The van der Waals surface area contributed by atoms with Gasteiger partial charge in [0.15, 0.2) is 0 Å². The molecular formula is C16H24O4. The van der Waals surface area contributed by atoms with Gasteiger partial charge in [-0.1, -0.05) is 18.6 Å². The quantitative estimate of drug-likeness (QED) is 0.621. The Hall–Kier alpha value is -0.870. The molecule has 1 saturated heterocycles. The standard InChI is InChI=1S/C16H24O4/c1-10-5-15(3)13-14(2,8-12(18)19-4)7-11(17)16(13,6-10)9-20-15/h6,11,13,17H,5,7-9H2,1-4H3/t11-,13+,14+,15+,16+/m1/s1. The summed E-state index contributed by atoms with van der Waals surface area (Å²) in [4.78, 5) is 11.8. The maximum absolute atomic E-state index is 11.8. The molecule has 4 nitrogen and oxygen atoms in total. The summed E-state index contributed by atoms with van der Waals surface area (Å²) < 4.78 is 11.0. The van der Waals surface area contributed by atoms with E-state index in [1.54, 1.807) is 0 Å². The van der Waals surface area contributed by atoms with E-state index in [0.29, 0.717) is 19.4 Å². The normalized spacial score (nSPS) is 49.8. The van der Waals surface area contributed by atoms with Crippen molar-refractivity contribution in [2.45, 2.75) is 51.7 Å². The summed E-state index contributed by atoms with van der Waals surface area (Å²) in [6.07, 6.45) is 3.62. The number of carbonyl (C=O) groups is 1. The monoisotopic (exact) mass is 280 g/mol. The maximum Gasteiger partial charge on any atom is 0.306 e. The first-order valence-electron chi connectivity index (χ1n) is 7.33. The van der Waals surface area contributed by atoms with Crippen molar-refractivity contribution in [3.63, 3.8) is 0 Å². The number of aliphatic hydroxyl groups excluding tert-OH is 1. The summed E-state index contributed by atoms with van der Waals surface area (Å²) >= 11 is 0. The Kier molecular flexibility index (Phi) is 2.87. The van der Waals surface area contributed by atoms with E-state index in [9.17, 15) is 9.90 Å². The fourth-order valence-electron chi connectivity index (χ4n) is 5.46. The molecule has 1 aliphatic heterocycles. The van der Waals surface area contributed by atoms with Crippen molar-refractivity contribution < 1.29 is 19.4 Å². The van der Waals surface area contributed by atoms with Crippen LogP contribution in [0.15, 0.2) is 11.6 Å². The molecule has 3 rings (SSSR count). The van der Waals surface area contributed by atoms with E-state index in [2.05, 4.69) is 26.8 Å². The predicted octanol–water partition coefficient (Wildman–Crippen LogP) is 2.06. The van der Waals surface area contributed by atoms with Crippen molar-refractivity contribution in [2.75, 3.05) is 13.7 Å². The summed E-state index contributed by atoms with van der Waals surface area (Å²) in [6, 6.07) is 0. The van der Waals surface area contributed by atoms with Crippen LogP contribution in [0.2, 0.25) is 0 Å². The molecule has 0 aromatic heterocycles. The van der Waals surface area contributed by atoms with Gasteiger partial charge in [0.2, 0.25) is 0 Å². The predicted molar refractivity (Wildman–Crippen MR) is 74.0 cm³/mol. The molecule has 1 heterocycles. The highest BCUT2D eigenvalue weighted by Crippen LogP contribution is 2.68. The molecule has 0 unspecified atom stereocenters. The molecule has 4 heteroatoms. The molecule has 0 aromatic rings. The van der Waals surface area contributed by atoms with Crippen LogP contribution in [0.25, 0.3) is 0 Å². The Labute approximate surface area is 120 Å². The summed E-state index contributed by atoms with van der Waals surface area (Å²) in [5.41, 5.74) is 0.413. The number of ether oxygens (including phenoxy) is 2. The molecule has 0 aromatic carbocycles. The van der Waals surface area contributed by atoms with Crippen LogP contribution in [0.3, 0.4) is 0 Å². The van der Waals surface area contributed by atoms with Crippen LogP contribution in [0.5, 0.6) is 0 Å². The number of rotatable bonds is 2. The number of hydrogen-bond acceptors (Lipinski definition) is 4. The van der Waals surface area contributed by atoms with Gasteiger partial charge in [0.25, 0.3) is 0 Å². The van der Waals surface area contributed by atoms with E-state index in [1.807, 2.05) is 0 Å². The Balaban J connectivity index is 2.05. The minimum absolute atomic E-state index is 0.167. The molecule has 1 saturated carbocycles. The van der Waals surface area contributed by atoms with Gasteiger partial charge in [-0.15, -0.1) is 0 Å². The molecule has 1 N–H and O–H groups in total. The van der Waals surface area contributed by atoms with E-state index in [-0.39, 0.29) is 28.3 Å². The first kappa shape index (κ1) is 14.1. The zero-order valence-electron chi connectivity index (χ0n) is 12.7. The number of aliphatic hydroxyl groups is 1. The zero-order chi connectivity index (χ0) is 14.8. The minimum Gasteiger partial charge on any atom is -0.469 e. The van der Waals surface area contributed by atoms with Crippen molar-refractivity contribution in [2.24, 2.45) is 16.7 Å². The SMILES string of the molecule is COC(=O)C[C@]1(C)C[C@@H](O)[C@]23C=C(C)C[C@](C)(OC2)[C@H]13. The van der Waals surface area contributed by atoms with Gasteiger partial charge in [0.05, 0.1) is 31.8 Å². The van der Waals surface area contributed by atoms with Crippen LogP contribution in [-0.2, 0) is 14.3 Å².